The van der Waals surface area contributed by atoms with Gasteiger partial charge in [0, 0.05) is 23.5 Å². The van der Waals surface area contributed by atoms with Crippen LogP contribution in [0.3, 0.4) is 0 Å². The second-order valence-corrected chi connectivity index (χ2v) is 7.39. The minimum Gasteiger partial charge on any atom is -0.497 e. The van der Waals surface area contributed by atoms with Gasteiger partial charge in [-0.15, -0.1) is 0 Å². The fraction of sp³-hybridized carbons (Fsp3) is 0.529. The average molecular weight is 331 g/mol. The lowest BCUT2D eigenvalue weighted by atomic mass is 9.98. The van der Waals surface area contributed by atoms with Crippen LogP contribution in [0.25, 0.3) is 10.1 Å². The maximum atomic E-state index is 12.6. The molecule has 2 aliphatic heterocycles. The van der Waals surface area contributed by atoms with Crippen LogP contribution in [-0.4, -0.2) is 47.5 Å². The maximum Gasteiger partial charge on any atom is 0.271 e. The van der Waals surface area contributed by atoms with E-state index in [9.17, 15) is 4.79 Å². The smallest absolute Gasteiger partial charge is 0.271 e. The molecule has 6 heteroatoms. The van der Waals surface area contributed by atoms with E-state index < -0.39 is 0 Å². The van der Waals surface area contributed by atoms with E-state index >= 15 is 0 Å². The third-order valence-corrected chi connectivity index (χ3v) is 6.14. The normalized spacial score (nSPS) is 27.3. The molecule has 2 aliphatic rings. The summed E-state index contributed by atoms with van der Waals surface area (Å²) < 4.78 is 10.6. The molecule has 1 N–H and O–H groups in total. The van der Waals surface area contributed by atoms with E-state index in [1.165, 1.54) is 24.4 Å². The molecular weight excluding hydrogens is 310 g/mol. The quantitative estimate of drug-likeness (QED) is 0.939. The number of hydrogen-bond donors (Lipinski definition) is 1. The molecule has 2 aromatic rings. The molecule has 122 valence electrons. The van der Waals surface area contributed by atoms with E-state index in [1.807, 2.05) is 18.2 Å². The Morgan fingerprint density at radius 2 is 2.09 bits per heavy atom. The summed E-state index contributed by atoms with van der Waals surface area (Å²) in [5.41, 5.74) is 0.541. The van der Waals surface area contributed by atoms with Gasteiger partial charge in [-0.3, -0.25) is 4.79 Å². The van der Waals surface area contributed by atoms with E-state index in [-0.39, 0.29) is 11.9 Å². The number of benzene rings is 1. The zero-order chi connectivity index (χ0) is 16.0. The number of ether oxygens (including phenoxy) is 1. The monoisotopic (exact) mass is 331 g/mol. The molecule has 2 bridgehead atoms. The summed E-state index contributed by atoms with van der Waals surface area (Å²) in [6, 6.07) is 7.24. The van der Waals surface area contributed by atoms with E-state index in [1.54, 1.807) is 7.11 Å². The Morgan fingerprint density at radius 3 is 2.78 bits per heavy atom. The van der Waals surface area contributed by atoms with Gasteiger partial charge in [0.1, 0.15) is 11.4 Å². The predicted molar refractivity (Wildman–Crippen MR) is 91.2 cm³/mol. The first kappa shape index (κ1) is 14.9. The number of carbonyl (C=O) groups excluding carboxylic acids is 1. The van der Waals surface area contributed by atoms with Crippen LogP contribution in [0.2, 0.25) is 0 Å². The van der Waals surface area contributed by atoms with Gasteiger partial charge in [0.2, 0.25) is 0 Å². The Bertz CT molecular complexity index is 731. The maximum absolute atomic E-state index is 12.6. The number of fused-ring (bicyclic) bond motifs is 3. The summed E-state index contributed by atoms with van der Waals surface area (Å²) in [5.74, 6) is 0.746. The van der Waals surface area contributed by atoms with E-state index in [2.05, 4.69) is 21.6 Å². The van der Waals surface area contributed by atoms with Crippen molar-refractivity contribution in [2.45, 2.75) is 43.8 Å². The molecular formula is C17H21N3O2S. The molecule has 5 nitrogen and oxygen atoms in total. The molecule has 2 saturated heterocycles. The topological polar surface area (TPSA) is 54.5 Å². The molecule has 3 atom stereocenters. The first-order valence-electron chi connectivity index (χ1n) is 8.12. The van der Waals surface area contributed by atoms with Crippen molar-refractivity contribution >= 4 is 27.5 Å². The van der Waals surface area contributed by atoms with E-state index in [4.69, 9.17) is 4.74 Å². The number of nitrogens with zero attached hydrogens (tertiary/aromatic N) is 2. The number of hydrogen-bond acceptors (Lipinski definition) is 5. The minimum atomic E-state index is -0.0460. The third kappa shape index (κ3) is 2.60. The fourth-order valence-corrected chi connectivity index (χ4v) is 4.79. The van der Waals surface area contributed by atoms with Crippen LogP contribution in [-0.2, 0) is 0 Å². The van der Waals surface area contributed by atoms with Crippen molar-refractivity contribution in [2.75, 3.05) is 14.2 Å². The van der Waals surface area contributed by atoms with Crippen molar-refractivity contribution in [3.8, 4) is 5.75 Å². The van der Waals surface area contributed by atoms with Gasteiger partial charge in [0.05, 0.1) is 11.8 Å². The standard InChI is InChI=1S/C17H21N3O2S/c1-20-11-3-4-12(20)8-10(7-11)18-17(21)16-14-6-5-13(22-2)9-15(14)23-19-16/h5-6,9-12H,3-4,7-8H2,1-2H3,(H,18,21)/t10-,11-,12+. The number of carbonyl (C=O) groups is 1. The van der Waals surface area contributed by atoms with Crippen molar-refractivity contribution in [2.24, 2.45) is 0 Å². The first-order chi connectivity index (χ1) is 11.2. The highest BCUT2D eigenvalue weighted by atomic mass is 32.1. The van der Waals surface area contributed by atoms with Crippen LogP contribution < -0.4 is 10.1 Å². The van der Waals surface area contributed by atoms with Crippen molar-refractivity contribution in [1.82, 2.24) is 14.6 Å². The van der Waals surface area contributed by atoms with Crippen molar-refractivity contribution < 1.29 is 9.53 Å². The number of rotatable bonds is 3. The Morgan fingerprint density at radius 1 is 1.35 bits per heavy atom. The van der Waals surface area contributed by atoms with E-state index in [0.29, 0.717) is 17.8 Å². The second-order valence-electron chi connectivity index (χ2n) is 6.59. The van der Waals surface area contributed by atoms with Crippen LogP contribution >= 0.6 is 11.5 Å². The molecule has 0 unspecified atom stereocenters. The van der Waals surface area contributed by atoms with Crippen LogP contribution in [0.15, 0.2) is 18.2 Å². The van der Waals surface area contributed by atoms with Crippen molar-refractivity contribution in [1.29, 1.82) is 0 Å². The number of piperidine rings is 1. The zero-order valence-corrected chi connectivity index (χ0v) is 14.2. The van der Waals surface area contributed by atoms with Crippen molar-refractivity contribution in [3.05, 3.63) is 23.9 Å². The SMILES string of the molecule is COc1ccc2c(C(=O)N[C@@H]3C[C@H]4CC[C@@H](C3)N4C)nsc2c1. The highest BCUT2D eigenvalue weighted by Crippen LogP contribution is 2.34. The Hall–Kier alpha value is -1.66. The van der Waals surface area contributed by atoms with E-state index in [0.717, 1.165) is 28.7 Å². The summed E-state index contributed by atoms with van der Waals surface area (Å²) in [6.45, 7) is 0. The van der Waals surface area contributed by atoms with Crippen molar-refractivity contribution in [3.63, 3.8) is 0 Å². The molecule has 1 amide bonds. The molecule has 2 fully saturated rings. The molecule has 4 rings (SSSR count). The molecule has 0 aliphatic carbocycles. The molecule has 1 aromatic carbocycles. The fourth-order valence-electron chi connectivity index (χ4n) is 3.99. The minimum absolute atomic E-state index is 0.0460. The van der Waals surface area contributed by atoms with Gasteiger partial charge in [-0.2, -0.15) is 4.37 Å². The lowest BCUT2D eigenvalue weighted by Crippen LogP contribution is -2.48. The van der Waals surface area contributed by atoms with Gasteiger partial charge >= 0.3 is 0 Å². The molecule has 3 heterocycles. The summed E-state index contributed by atoms with van der Waals surface area (Å²) in [6.07, 6.45) is 4.61. The van der Waals surface area contributed by atoms with Gasteiger partial charge < -0.3 is 15.0 Å². The Labute approximate surface area is 139 Å². The summed E-state index contributed by atoms with van der Waals surface area (Å²) >= 11 is 1.35. The summed E-state index contributed by atoms with van der Waals surface area (Å²) in [5, 5.41) is 4.12. The highest BCUT2D eigenvalue weighted by molar-refractivity contribution is 7.13. The molecule has 0 saturated carbocycles. The number of nitrogens with one attached hydrogen (secondary N) is 1. The van der Waals surface area contributed by atoms with Gasteiger partial charge in [-0.05, 0) is 62.5 Å². The first-order valence-corrected chi connectivity index (χ1v) is 8.89. The van der Waals surface area contributed by atoms with Crippen LogP contribution in [0.4, 0.5) is 0 Å². The van der Waals surface area contributed by atoms with Crippen LogP contribution in [0.5, 0.6) is 5.75 Å². The average Bonchev–Trinajstić information content (AvgIpc) is 3.04. The molecule has 23 heavy (non-hydrogen) atoms. The molecule has 0 radical (unpaired) electrons. The lowest BCUT2D eigenvalue weighted by molar-refractivity contribution is 0.0880. The number of methoxy groups -OCH3 is 1. The largest absolute Gasteiger partial charge is 0.497 e. The number of aromatic nitrogens is 1. The van der Waals surface area contributed by atoms with Gasteiger partial charge in [-0.25, -0.2) is 0 Å². The summed E-state index contributed by atoms with van der Waals surface area (Å²) in [4.78, 5) is 15.1. The predicted octanol–water partition coefficient (Wildman–Crippen LogP) is 2.66. The van der Waals surface area contributed by atoms with Gasteiger partial charge in [0.15, 0.2) is 0 Å². The lowest BCUT2D eigenvalue weighted by Gasteiger charge is -2.36. The Kier molecular flexibility index (Phi) is 3.73. The molecule has 0 spiro atoms. The van der Waals surface area contributed by atoms with Crippen LogP contribution in [0.1, 0.15) is 36.2 Å². The zero-order valence-electron chi connectivity index (χ0n) is 13.4. The second kappa shape index (κ2) is 5.76. The third-order valence-electron chi connectivity index (χ3n) is 5.33. The van der Waals surface area contributed by atoms with Gasteiger partial charge in [-0.1, -0.05) is 0 Å². The Balaban J connectivity index is 1.51. The highest BCUT2D eigenvalue weighted by Gasteiger charge is 2.39. The van der Waals surface area contributed by atoms with Gasteiger partial charge in [0.25, 0.3) is 5.91 Å². The van der Waals surface area contributed by atoms with Crippen LogP contribution in [0, 0.1) is 0 Å². The summed E-state index contributed by atoms with van der Waals surface area (Å²) in [7, 11) is 3.85. The molecule has 1 aromatic heterocycles. The number of amides is 1.